The van der Waals surface area contributed by atoms with E-state index in [-0.39, 0.29) is 12.5 Å². The van der Waals surface area contributed by atoms with Gasteiger partial charge in [0.25, 0.3) is 5.91 Å². The zero-order valence-electron chi connectivity index (χ0n) is 18.6. The van der Waals surface area contributed by atoms with E-state index in [4.69, 9.17) is 4.74 Å². The fraction of sp³-hybridized carbons (Fsp3) is 0.259. The van der Waals surface area contributed by atoms with Crippen molar-refractivity contribution >= 4 is 12.0 Å². The minimum Gasteiger partial charge on any atom is -0.445 e. The van der Waals surface area contributed by atoms with Gasteiger partial charge in [0.2, 0.25) is 0 Å². The minimum atomic E-state index is -0.470. The van der Waals surface area contributed by atoms with Gasteiger partial charge in [-0.25, -0.2) is 4.79 Å². The maximum absolute atomic E-state index is 12.5. The molecular formula is C27H30N2O3. The fourth-order valence-electron chi connectivity index (χ4n) is 3.30. The number of hydrogen-bond donors (Lipinski definition) is 2. The van der Waals surface area contributed by atoms with Crippen LogP contribution in [0.3, 0.4) is 0 Å². The van der Waals surface area contributed by atoms with Crippen molar-refractivity contribution in [2.24, 2.45) is 5.92 Å². The van der Waals surface area contributed by atoms with E-state index < -0.39 is 6.09 Å². The number of hydrogen-bond acceptors (Lipinski definition) is 3. The van der Waals surface area contributed by atoms with Gasteiger partial charge in [0.1, 0.15) is 6.61 Å². The molecule has 0 aromatic heterocycles. The quantitative estimate of drug-likeness (QED) is 0.467. The summed E-state index contributed by atoms with van der Waals surface area (Å²) in [5.74, 6) is 0.466. The Morgan fingerprint density at radius 1 is 0.875 bits per heavy atom. The van der Waals surface area contributed by atoms with E-state index >= 15 is 0 Å². The van der Waals surface area contributed by atoms with Crippen LogP contribution in [0.15, 0.2) is 78.9 Å². The summed E-state index contributed by atoms with van der Waals surface area (Å²) < 4.78 is 5.30. The first-order valence-corrected chi connectivity index (χ1v) is 10.9. The average molecular weight is 431 g/mol. The molecule has 0 unspecified atom stereocenters. The van der Waals surface area contributed by atoms with Crippen LogP contribution in [0.1, 0.15) is 41.8 Å². The van der Waals surface area contributed by atoms with Gasteiger partial charge in [-0.05, 0) is 46.7 Å². The van der Waals surface area contributed by atoms with Crippen LogP contribution in [-0.2, 0) is 17.9 Å². The lowest BCUT2D eigenvalue weighted by Crippen LogP contribution is -2.25. The molecule has 0 saturated carbocycles. The molecule has 0 bridgehead atoms. The summed E-state index contributed by atoms with van der Waals surface area (Å²) in [5.41, 5.74) is 4.40. The lowest BCUT2D eigenvalue weighted by atomic mass is 9.98. The zero-order chi connectivity index (χ0) is 22.8. The fourth-order valence-corrected chi connectivity index (χ4v) is 3.30. The highest BCUT2D eigenvalue weighted by Crippen LogP contribution is 2.24. The van der Waals surface area contributed by atoms with Crippen LogP contribution in [0.5, 0.6) is 0 Å². The Kier molecular flexibility index (Phi) is 8.44. The molecule has 0 saturated heterocycles. The molecule has 0 heterocycles. The van der Waals surface area contributed by atoms with Crippen molar-refractivity contribution in [1.29, 1.82) is 0 Å². The molecule has 0 spiro atoms. The number of ether oxygens (including phenoxy) is 1. The predicted molar refractivity (Wildman–Crippen MR) is 127 cm³/mol. The highest BCUT2D eigenvalue weighted by Gasteiger charge is 2.11. The number of nitrogens with one attached hydrogen (secondary N) is 2. The molecule has 5 nitrogen and oxygen atoms in total. The summed E-state index contributed by atoms with van der Waals surface area (Å²) in [6, 6.07) is 24.9. The van der Waals surface area contributed by atoms with Crippen molar-refractivity contribution in [3.8, 4) is 11.1 Å². The van der Waals surface area contributed by atoms with Gasteiger partial charge >= 0.3 is 6.09 Å². The predicted octanol–water partition coefficient (Wildman–Crippen LogP) is 5.56. The van der Waals surface area contributed by atoms with Crippen LogP contribution in [-0.4, -0.2) is 18.5 Å². The number of carbonyl (C=O) groups is 2. The Morgan fingerprint density at radius 2 is 1.62 bits per heavy atom. The molecule has 0 fully saturated rings. The summed E-state index contributed by atoms with van der Waals surface area (Å²) in [4.78, 5) is 24.7. The normalized spacial score (nSPS) is 10.6. The maximum Gasteiger partial charge on any atom is 0.407 e. The second-order valence-corrected chi connectivity index (χ2v) is 8.09. The molecule has 5 heteroatoms. The average Bonchev–Trinajstić information content (AvgIpc) is 2.82. The molecule has 0 aliphatic rings. The molecule has 3 aromatic carbocycles. The number of benzene rings is 3. The van der Waals surface area contributed by atoms with Gasteiger partial charge < -0.3 is 15.4 Å². The first-order valence-electron chi connectivity index (χ1n) is 10.9. The summed E-state index contributed by atoms with van der Waals surface area (Å²) in [6.45, 7) is 5.48. The van der Waals surface area contributed by atoms with Gasteiger partial charge in [-0.1, -0.05) is 80.6 Å². The van der Waals surface area contributed by atoms with Crippen molar-refractivity contribution in [1.82, 2.24) is 10.6 Å². The molecule has 3 rings (SSSR count). The highest BCUT2D eigenvalue weighted by molar-refractivity contribution is 5.95. The molecule has 0 aliphatic heterocycles. The third-order valence-electron chi connectivity index (χ3n) is 5.10. The van der Waals surface area contributed by atoms with Gasteiger partial charge in [-0.3, -0.25) is 4.79 Å². The number of carbonyl (C=O) groups excluding carboxylic acids is 2. The summed E-state index contributed by atoms with van der Waals surface area (Å²) in [5, 5.41) is 5.79. The van der Waals surface area contributed by atoms with Gasteiger partial charge in [-0.15, -0.1) is 0 Å². The van der Waals surface area contributed by atoms with Crippen molar-refractivity contribution in [3.05, 3.63) is 95.6 Å². The molecule has 3 aromatic rings. The molecular weight excluding hydrogens is 400 g/mol. The van der Waals surface area contributed by atoms with Crippen molar-refractivity contribution in [2.45, 2.75) is 33.4 Å². The smallest absolute Gasteiger partial charge is 0.407 e. The molecule has 166 valence electrons. The van der Waals surface area contributed by atoms with Gasteiger partial charge in [0, 0.05) is 18.7 Å². The van der Waals surface area contributed by atoms with Crippen LogP contribution in [0.2, 0.25) is 0 Å². The van der Waals surface area contributed by atoms with Crippen LogP contribution in [0.25, 0.3) is 11.1 Å². The monoisotopic (exact) mass is 430 g/mol. The third kappa shape index (κ3) is 6.98. The van der Waals surface area contributed by atoms with Crippen molar-refractivity contribution < 1.29 is 14.3 Å². The lowest BCUT2D eigenvalue weighted by Gasteiger charge is -2.13. The standard InChI is InChI=1S/C27H30N2O3/c1-20(2)15-16-28-26(30)23-13-8-12-22(17-23)25-14-7-6-11-24(25)18-29-27(31)32-19-21-9-4-3-5-10-21/h3-14,17,20H,15-16,18-19H2,1-2H3,(H,28,30)(H,29,31). The molecule has 0 radical (unpaired) electrons. The number of rotatable bonds is 9. The number of alkyl carbamates (subject to hydrolysis) is 1. The summed E-state index contributed by atoms with van der Waals surface area (Å²) >= 11 is 0. The van der Waals surface area contributed by atoms with E-state index in [0.717, 1.165) is 28.7 Å². The van der Waals surface area contributed by atoms with Crippen LogP contribution < -0.4 is 10.6 Å². The van der Waals surface area contributed by atoms with E-state index in [1.165, 1.54) is 0 Å². The maximum atomic E-state index is 12.5. The van der Waals surface area contributed by atoms with E-state index in [1.807, 2.05) is 78.9 Å². The van der Waals surface area contributed by atoms with Crippen LogP contribution in [0.4, 0.5) is 4.79 Å². The Balaban J connectivity index is 1.63. The summed E-state index contributed by atoms with van der Waals surface area (Å²) in [7, 11) is 0. The van der Waals surface area contributed by atoms with Crippen LogP contribution >= 0.6 is 0 Å². The van der Waals surface area contributed by atoms with Gasteiger partial charge in [0.15, 0.2) is 0 Å². The molecule has 2 amide bonds. The Morgan fingerprint density at radius 3 is 2.41 bits per heavy atom. The van der Waals surface area contributed by atoms with Gasteiger partial charge in [0.05, 0.1) is 0 Å². The van der Waals surface area contributed by atoms with Crippen LogP contribution in [0, 0.1) is 5.92 Å². The Bertz CT molecular complexity index is 1030. The lowest BCUT2D eigenvalue weighted by molar-refractivity contribution is 0.0952. The molecule has 0 aliphatic carbocycles. The van der Waals surface area contributed by atoms with Crippen molar-refractivity contribution in [2.75, 3.05) is 6.54 Å². The van der Waals surface area contributed by atoms with E-state index in [1.54, 1.807) is 0 Å². The largest absolute Gasteiger partial charge is 0.445 e. The first-order chi connectivity index (χ1) is 15.5. The molecule has 2 N–H and O–H groups in total. The molecule has 32 heavy (non-hydrogen) atoms. The minimum absolute atomic E-state index is 0.0763. The van der Waals surface area contributed by atoms with E-state index in [9.17, 15) is 9.59 Å². The van der Waals surface area contributed by atoms with E-state index in [0.29, 0.717) is 24.6 Å². The Labute approximate surface area is 189 Å². The third-order valence-corrected chi connectivity index (χ3v) is 5.10. The van der Waals surface area contributed by atoms with E-state index in [2.05, 4.69) is 24.5 Å². The Hall–Kier alpha value is -3.60. The topological polar surface area (TPSA) is 67.4 Å². The summed E-state index contributed by atoms with van der Waals surface area (Å²) in [6.07, 6.45) is 0.474. The first kappa shape index (κ1) is 23.1. The molecule has 0 atom stereocenters. The second-order valence-electron chi connectivity index (χ2n) is 8.09. The van der Waals surface area contributed by atoms with Gasteiger partial charge in [-0.2, -0.15) is 0 Å². The second kappa shape index (κ2) is 11.7. The SMILES string of the molecule is CC(C)CCNC(=O)c1cccc(-c2ccccc2CNC(=O)OCc2ccccc2)c1. The highest BCUT2D eigenvalue weighted by atomic mass is 16.5. The zero-order valence-corrected chi connectivity index (χ0v) is 18.6. The number of amides is 2. The van der Waals surface area contributed by atoms with Crippen molar-refractivity contribution in [3.63, 3.8) is 0 Å².